The number of aromatic nitrogens is 2. The summed E-state index contributed by atoms with van der Waals surface area (Å²) in [6.45, 7) is 2.10. The molecule has 216 valence electrons. The van der Waals surface area contributed by atoms with Crippen molar-refractivity contribution in [3.8, 4) is 18.0 Å². The fourth-order valence-corrected chi connectivity index (χ4v) is 8.37. The van der Waals surface area contributed by atoms with Crippen LogP contribution < -0.4 is 0 Å². The largest absolute Gasteiger partial charge is 0.310 e. The second-order valence-corrected chi connectivity index (χ2v) is 12.7. The Kier molecular flexibility index (Phi) is 6.00. The van der Waals surface area contributed by atoms with E-state index >= 15 is 0 Å². The molecule has 0 bridgehead atoms. The van der Waals surface area contributed by atoms with E-state index in [0.717, 1.165) is 39.1 Å². The first-order valence-corrected chi connectivity index (χ1v) is 16.3. The minimum atomic E-state index is 0.832. The monoisotopic (exact) mass is 604 g/mol. The van der Waals surface area contributed by atoms with Crippen LogP contribution in [0.25, 0.3) is 80.7 Å². The van der Waals surface area contributed by atoms with E-state index in [-0.39, 0.29) is 0 Å². The summed E-state index contributed by atoms with van der Waals surface area (Å²) in [6.07, 6.45) is 10.7. The number of rotatable bonds is 4. The first-order chi connectivity index (χ1) is 22.8. The van der Waals surface area contributed by atoms with Crippen molar-refractivity contribution in [3.05, 3.63) is 151 Å². The number of para-hydroxylation sites is 4. The molecule has 0 N–H and O–H groups in total. The van der Waals surface area contributed by atoms with Crippen LogP contribution in [0.15, 0.2) is 146 Å². The molecule has 3 heteroatoms. The average Bonchev–Trinajstić information content (AvgIpc) is 3.77. The summed E-state index contributed by atoms with van der Waals surface area (Å²) in [4.78, 5) is 0. The van der Waals surface area contributed by atoms with Gasteiger partial charge in [0.05, 0.1) is 27.8 Å². The maximum absolute atomic E-state index is 6.39. The van der Waals surface area contributed by atoms with E-state index in [1.54, 1.807) is 0 Å². The minimum absolute atomic E-state index is 0.832. The van der Waals surface area contributed by atoms with Crippen molar-refractivity contribution in [2.45, 2.75) is 6.92 Å². The van der Waals surface area contributed by atoms with Gasteiger partial charge in [-0.3, -0.25) is 0 Å². The Labute approximate surface area is 270 Å². The molecule has 2 nitrogen and oxygen atoms in total. The van der Waals surface area contributed by atoms with Crippen LogP contribution in [-0.4, -0.2) is 9.13 Å². The number of terminal acetylenes is 1. The highest BCUT2D eigenvalue weighted by molar-refractivity contribution is 7.26. The number of fused-ring (bicyclic) bond motifs is 10. The third kappa shape index (κ3) is 3.78. The summed E-state index contributed by atoms with van der Waals surface area (Å²) in [5.74, 6) is 3.08. The van der Waals surface area contributed by atoms with Gasteiger partial charge in [0.1, 0.15) is 0 Å². The third-order valence-electron chi connectivity index (χ3n) is 9.19. The highest BCUT2D eigenvalue weighted by atomic mass is 32.1. The summed E-state index contributed by atoms with van der Waals surface area (Å²) in [6, 6.07) is 47.7. The van der Waals surface area contributed by atoms with Gasteiger partial charge in [0.15, 0.2) is 0 Å². The Bertz CT molecular complexity index is 2720. The summed E-state index contributed by atoms with van der Waals surface area (Å²) >= 11 is 1.86. The molecular formula is C43H28N2S. The summed E-state index contributed by atoms with van der Waals surface area (Å²) in [5, 5.41) is 7.61. The molecule has 0 saturated heterocycles. The number of thiophene rings is 1. The summed E-state index contributed by atoms with van der Waals surface area (Å²) in [7, 11) is 0. The van der Waals surface area contributed by atoms with Crippen LogP contribution in [0.1, 0.15) is 12.5 Å². The predicted molar refractivity (Wildman–Crippen MR) is 200 cm³/mol. The Morgan fingerprint density at radius 3 is 1.91 bits per heavy atom. The molecule has 0 atom stereocenters. The van der Waals surface area contributed by atoms with Crippen LogP contribution in [0.3, 0.4) is 0 Å². The lowest BCUT2D eigenvalue weighted by Gasteiger charge is -2.15. The van der Waals surface area contributed by atoms with E-state index in [4.69, 9.17) is 6.42 Å². The van der Waals surface area contributed by atoms with E-state index in [1.165, 1.54) is 47.2 Å². The molecule has 0 fully saturated rings. The molecular weight excluding hydrogens is 577 g/mol. The van der Waals surface area contributed by atoms with Gasteiger partial charge < -0.3 is 9.13 Å². The normalized spacial score (nSPS) is 12.7. The van der Waals surface area contributed by atoms with Crippen LogP contribution in [0.2, 0.25) is 0 Å². The van der Waals surface area contributed by atoms with Gasteiger partial charge in [-0.2, -0.15) is 0 Å². The van der Waals surface area contributed by atoms with E-state index in [1.807, 2.05) is 11.3 Å². The number of hydrogen-bond donors (Lipinski definition) is 0. The molecule has 6 aromatic carbocycles. The first kappa shape index (κ1) is 26.6. The molecule has 0 aliphatic heterocycles. The Balaban J connectivity index is 1.30. The number of allylic oxidation sites excluding steroid dienone is 4. The van der Waals surface area contributed by atoms with Gasteiger partial charge in [-0.1, -0.05) is 103 Å². The maximum atomic E-state index is 6.39. The van der Waals surface area contributed by atoms with Crippen LogP contribution in [-0.2, 0) is 0 Å². The second-order valence-electron chi connectivity index (χ2n) is 11.6. The zero-order chi connectivity index (χ0) is 30.8. The zero-order valence-electron chi connectivity index (χ0n) is 25.2. The van der Waals surface area contributed by atoms with Gasteiger partial charge in [-0.15, -0.1) is 17.8 Å². The lowest BCUT2D eigenvalue weighted by molar-refractivity contribution is 1.17. The van der Waals surface area contributed by atoms with E-state index < -0.39 is 0 Å². The Morgan fingerprint density at radius 1 is 0.587 bits per heavy atom. The first-order valence-electron chi connectivity index (χ1n) is 15.5. The Morgan fingerprint density at radius 2 is 1.20 bits per heavy atom. The highest BCUT2D eigenvalue weighted by Gasteiger charge is 2.19. The maximum Gasteiger partial charge on any atom is 0.0548 e. The van der Waals surface area contributed by atoms with Crippen molar-refractivity contribution in [2.24, 2.45) is 0 Å². The van der Waals surface area contributed by atoms with Crippen LogP contribution in [0.5, 0.6) is 0 Å². The van der Waals surface area contributed by atoms with Crippen LogP contribution >= 0.6 is 11.3 Å². The molecule has 0 spiro atoms. The molecule has 0 aliphatic carbocycles. The lowest BCUT2D eigenvalue weighted by Crippen LogP contribution is -2.00. The van der Waals surface area contributed by atoms with Crippen molar-refractivity contribution in [3.63, 3.8) is 0 Å². The molecule has 0 aliphatic rings. The number of nitrogens with zero attached hydrogens (tertiary/aromatic N) is 2. The van der Waals surface area contributed by atoms with Crippen molar-refractivity contribution in [2.75, 3.05) is 0 Å². The Hall–Kier alpha value is -5.82. The van der Waals surface area contributed by atoms with E-state index in [2.05, 4.69) is 168 Å². The van der Waals surface area contributed by atoms with Gasteiger partial charge >= 0.3 is 0 Å². The van der Waals surface area contributed by atoms with Gasteiger partial charge in [0.25, 0.3) is 0 Å². The molecule has 3 heterocycles. The molecule has 0 unspecified atom stereocenters. The zero-order valence-corrected chi connectivity index (χ0v) is 26.1. The van der Waals surface area contributed by atoms with Crippen LogP contribution in [0, 0.1) is 12.3 Å². The summed E-state index contributed by atoms with van der Waals surface area (Å²) in [5.41, 5.74) is 8.61. The van der Waals surface area contributed by atoms with Crippen molar-refractivity contribution >= 4 is 86.4 Å². The van der Waals surface area contributed by atoms with Crippen molar-refractivity contribution in [1.82, 2.24) is 9.13 Å². The lowest BCUT2D eigenvalue weighted by atomic mass is 10.0. The number of hydrogen-bond acceptors (Lipinski definition) is 1. The minimum Gasteiger partial charge on any atom is -0.310 e. The van der Waals surface area contributed by atoms with Gasteiger partial charge in [0.2, 0.25) is 0 Å². The quantitative estimate of drug-likeness (QED) is 0.140. The predicted octanol–water partition coefficient (Wildman–Crippen LogP) is 11.8. The van der Waals surface area contributed by atoms with E-state index in [9.17, 15) is 0 Å². The second kappa shape index (κ2) is 10.4. The van der Waals surface area contributed by atoms with Crippen molar-refractivity contribution < 1.29 is 0 Å². The van der Waals surface area contributed by atoms with E-state index in [0.29, 0.717) is 0 Å². The number of benzene rings is 6. The smallest absolute Gasteiger partial charge is 0.0548 e. The van der Waals surface area contributed by atoms with Gasteiger partial charge in [0, 0.05) is 58.6 Å². The van der Waals surface area contributed by atoms with Gasteiger partial charge in [-0.25, -0.2) is 0 Å². The fraction of sp³-hybridized carbons (Fsp3) is 0.0233. The average molecular weight is 605 g/mol. The molecule has 9 aromatic rings. The molecule has 0 saturated carbocycles. The molecule has 46 heavy (non-hydrogen) atoms. The molecule has 3 aromatic heterocycles. The SMILES string of the molecule is C#C/C(=C\C(=C/C)n1c2ccccc2c2c3c(ccc21)sc1ccccc13)c1ccccc1-n1c2ccccc2c2ccccc21. The fourth-order valence-electron chi connectivity index (χ4n) is 7.25. The molecule has 0 radical (unpaired) electrons. The standard InChI is InChI=1S/C43H28N2S/c1-3-28(30-15-5-10-20-35(30)45-36-21-11-6-16-31(36)32-17-7-12-22-37(32)45)27-29(4-2)44-38-23-13-8-18-33(38)42-39(44)25-26-41-43(42)34-19-9-14-24-40(34)46-41/h1,4-27H,2H3/b28-27+,29-4+. The highest BCUT2D eigenvalue weighted by Crippen LogP contribution is 2.43. The van der Waals surface area contributed by atoms with Crippen LogP contribution in [0.4, 0.5) is 0 Å². The third-order valence-corrected chi connectivity index (χ3v) is 10.3. The molecule has 0 amide bonds. The topological polar surface area (TPSA) is 9.86 Å². The summed E-state index contributed by atoms with van der Waals surface area (Å²) < 4.78 is 7.33. The van der Waals surface area contributed by atoms with Crippen molar-refractivity contribution in [1.29, 1.82) is 0 Å². The van der Waals surface area contributed by atoms with Gasteiger partial charge in [-0.05, 0) is 55.5 Å². The molecule has 9 rings (SSSR count).